The Labute approximate surface area is 157 Å². The number of para-hydroxylation sites is 2. The summed E-state index contributed by atoms with van der Waals surface area (Å²) in [5.41, 5.74) is 1.92. The van der Waals surface area contributed by atoms with E-state index in [1.807, 2.05) is 33.7 Å². The number of hydrogen-bond donors (Lipinski definition) is 0. The molecule has 1 amide bonds. The van der Waals surface area contributed by atoms with E-state index in [-0.39, 0.29) is 5.91 Å². The standard InChI is InChI=1S/C20H23N5O2/c26-19(12-25-13-21-16-5-1-2-6-17(16)25)24-9-3-4-14(11-24)10-18-22-20(23-27-18)15-7-8-15/h1-2,5-6,13-15H,3-4,7-12H2. The molecule has 2 aliphatic rings. The molecule has 2 fully saturated rings. The molecule has 3 heterocycles. The van der Waals surface area contributed by atoms with Crippen LogP contribution in [0.3, 0.4) is 0 Å². The summed E-state index contributed by atoms with van der Waals surface area (Å²) in [6.07, 6.45) is 6.98. The Bertz CT molecular complexity index is 958. The van der Waals surface area contributed by atoms with Gasteiger partial charge < -0.3 is 14.0 Å². The summed E-state index contributed by atoms with van der Waals surface area (Å²) in [7, 11) is 0. The Morgan fingerprint density at radius 1 is 1.22 bits per heavy atom. The van der Waals surface area contributed by atoms with Gasteiger partial charge in [0.1, 0.15) is 6.54 Å². The zero-order valence-corrected chi connectivity index (χ0v) is 15.3. The summed E-state index contributed by atoms with van der Waals surface area (Å²) >= 11 is 0. The van der Waals surface area contributed by atoms with E-state index in [9.17, 15) is 4.79 Å². The Hall–Kier alpha value is -2.70. The lowest BCUT2D eigenvalue weighted by Gasteiger charge is -2.32. The fourth-order valence-corrected chi connectivity index (χ4v) is 3.95. The van der Waals surface area contributed by atoms with Crippen LogP contribution >= 0.6 is 0 Å². The third-order valence-electron chi connectivity index (χ3n) is 5.59. The number of likely N-dealkylation sites (tertiary alicyclic amines) is 1. The summed E-state index contributed by atoms with van der Waals surface area (Å²) in [6.45, 7) is 1.91. The molecule has 7 nitrogen and oxygen atoms in total. The van der Waals surface area contributed by atoms with Crippen LogP contribution < -0.4 is 0 Å². The Kier molecular flexibility index (Phi) is 4.14. The number of aromatic nitrogens is 4. The van der Waals surface area contributed by atoms with Crippen molar-refractivity contribution in [2.24, 2.45) is 5.92 Å². The second-order valence-corrected chi connectivity index (χ2v) is 7.73. The van der Waals surface area contributed by atoms with Crippen LogP contribution in [0.1, 0.15) is 43.3 Å². The van der Waals surface area contributed by atoms with Crippen LogP contribution in [0, 0.1) is 5.92 Å². The lowest BCUT2D eigenvalue weighted by atomic mass is 9.94. The third kappa shape index (κ3) is 3.46. The molecule has 2 aromatic heterocycles. The summed E-state index contributed by atoms with van der Waals surface area (Å²) in [4.78, 5) is 23.7. The Morgan fingerprint density at radius 3 is 3.00 bits per heavy atom. The minimum absolute atomic E-state index is 0.145. The zero-order chi connectivity index (χ0) is 18.2. The van der Waals surface area contributed by atoms with Crippen molar-refractivity contribution in [3.8, 4) is 0 Å². The van der Waals surface area contributed by atoms with Crippen LogP contribution in [0.5, 0.6) is 0 Å². The second-order valence-electron chi connectivity index (χ2n) is 7.73. The van der Waals surface area contributed by atoms with Gasteiger partial charge in [0, 0.05) is 25.4 Å². The number of hydrogen-bond acceptors (Lipinski definition) is 5. The summed E-state index contributed by atoms with van der Waals surface area (Å²) in [5, 5.41) is 4.10. The number of imidazole rings is 1. The van der Waals surface area contributed by atoms with Crippen molar-refractivity contribution in [2.45, 2.75) is 44.6 Å². The molecular weight excluding hydrogens is 342 g/mol. The molecule has 0 spiro atoms. The van der Waals surface area contributed by atoms with Crippen LogP contribution in [0.2, 0.25) is 0 Å². The number of carbonyl (C=O) groups is 1. The summed E-state index contributed by atoms with van der Waals surface area (Å²) in [6, 6.07) is 7.90. The average Bonchev–Trinajstić information content (AvgIpc) is 3.32. The van der Waals surface area contributed by atoms with E-state index in [0.717, 1.165) is 55.1 Å². The van der Waals surface area contributed by atoms with Crippen molar-refractivity contribution in [1.82, 2.24) is 24.6 Å². The van der Waals surface area contributed by atoms with Crippen LogP contribution in [-0.2, 0) is 17.8 Å². The quantitative estimate of drug-likeness (QED) is 0.695. The molecule has 7 heteroatoms. The van der Waals surface area contributed by atoms with E-state index in [4.69, 9.17) is 4.52 Å². The molecule has 1 aliphatic heterocycles. The Balaban J connectivity index is 1.22. The van der Waals surface area contributed by atoms with E-state index in [1.54, 1.807) is 6.33 Å². The fourth-order valence-electron chi connectivity index (χ4n) is 3.95. The minimum Gasteiger partial charge on any atom is -0.341 e. The Morgan fingerprint density at radius 2 is 2.11 bits per heavy atom. The highest BCUT2D eigenvalue weighted by Gasteiger charge is 2.30. The van der Waals surface area contributed by atoms with Gasteiger partial charge in [0.15, 0.2) is 5.82 Å². The third-order valence-corrected chi connectivity index (χ3v) is 5.59. The first-order valence-corrected chi connectivity index (χ1v) is 9.76. The molecule has 140 valence electrons. The van der Waals surface area contributed by atoms with Gasteiger partial charge >= 0.3 is 0 Å². The number of piperidine rings is 1. The minimum atomic E-state index is 0.145. The molecule has 3 aromatic rings. The number of nitrogens with zero attached hydrogens (tertiary/aromatic N) is 5. The topological polar surface area (TPSA) is 77.1 Å². The predicted molar refractivity (Wildman–Crippen MR) is 99.0 cm³/mol. The summed E-state index contributed by atoms with van der Waals surface area (Å²) in [5.74, 6) is 2.62. The van der Waals surface area contributed by atoms with Gasteiger partial charge in [-0.3, -0.25) is 4.79 Å². The molecule has 1 saturated carbocycles. The molecule has 1 saturated heterocycles. The van der Waals surface area contributed by atoms with E-state index in [2.05, 4.69) is 15.1 Å². The van der Waals surface area contributed by atoms with Crippen molar-refractivity contribution < 1.29 is 9.32 Å². The second kappa shape index (κ2) is 6.79. The first-order chi connectivity index (χ1) is 13.3. The lowest BCUT2D eigenvalue weighted by molar-refractivity contribution is -0.133. The van der Waals surface area contributed by atoms with Gasteiger partial charge in [-0.05, 0) is 43.7 Å². The number of fused-ring (bicyclic) bond motifs is 1. The van der Waals surface area contributed by atoms with Crippen molar-refractivity contribution in [3.63, 3.8) is 0 Å². The molecule has 0 radical (unpaired) electrons. The first-order valence-electron chi connectivity index (χ1n) is 9.76. The van der Waals surface area contributed by atoms with Gasteiger partial charge in [-0.25, -0.2) is 4.98 Å². The van der Waals surface area contributed by atoms with Crippen molar-refractivity contribution >= 4 is 16.9 Å². The molecule has 1 aromatic carbocycles. The normalized spacial score (nSPS) is 20.3. The maximum absolute atomic E-state index is 12.8. The van der Waals surface area contributed by atoms with Crippen molar-refractivity contribution in [1.29, 1.82) is 0 Å². The lowest BCUT2D eigenvalue weighted by Crippen LogP contribution is -2.42. The molecule has 0 N–H and O–H groups in total. The monoisotopic (exact) mass is 365 g/mol. The fraction of sp³-hybridized carbons (Fsp3) is 0.500. The van der Waals surface area contributed by atoms with Gasteiger partial charge in [-0.15, -0.1) is 0 Å². The predicted octanol–water partition coefficient (Wildman–Crippen LogP) is 2.78. The molecule has 1 atom stereocenters. The maximum Gasteiger partial charge on any atom is 0.242 e. The van der Waals surface area contributed by atoms with E-state index >= 15 is 0 Å². The van der Waals surface area contributed by atoms with Crippen molar-refractivity contribution in [3.05, 3.63) is 42.3 Å². The number of rotatable bonds is 5. The smallest absolute Gasteiger partial charge is 0.242 e. The van der Waals surface area contributed by atoms with Crippen molar-refractivity contribution in [2.75, 3.05) is 13.1 Å². The van der Waals surface area contributed by atoms with Crippen LogP contribution in [0.25, 0.3) is 11.0 Å². The zero-order valence-electron chi connectivity index (χ0n) is 15.3. The number of benzene rings is 1. The molecular formula is C20H23N5O2. The van der Waals surface area contributed by atoms with Gasteiger partial charge in [-0.2, -0.15) is 4.98 Å². The highest BCUT2D eigenvalue weighted by molar-refractivity contribution is 5.80. The molecule has 1 unspecified atom stereocenters. The maximum atomic E-state index is 12.8. The highest BCUT2D eigenvalue weighted by Crippen LogP contribution is 2.38. The number of carbonyl (C=O) groups excluding carboxylic acids is 1. The molecule has 27 heavy (non-hydrogen) atoms. The molecule has 1 aliphatic carbocycles. The largest absolute Gasteiger partial charge is 0.341 e. The van der Waals surface area contributed by atoms with Crippen LogP contribution in [0.4, 0.5) is 0 Å². The van der Waals surface area contributed by atoms with Gasteiger partial charge in [0.25, 0.3) is 0 Å². The van der Waals surface area contributed by atoms with E-state index in [1.165, 1.54) is 12.8 Å². The van der Waals surface area contributed by atoms with E-state index in [0.29, 0.717) is 18.4 Å². The average molecular weight is 365 g/mol. The van der Waals surface area contributed by atoms with Gasteiger partial charge in [0.2, 0.25) is 11.8 Å². The highest BCUT2D eigenvalue weighted by atomic mass is 16.5. The molecule has 5 rings (SSSR count). The number of amides is 1. The van der Waals surface area contributed by atoms with Gasteiger partial charge in [-0.1, -0.05) is 17.3 Å². The van der Waals surface area contributed by atoms with E-state index < -0.39 is 0 Å². The SMILES string of the molecule is O=C(Cn1cnc2ccccc21)N1CCCC(Cc2nc(C3CC3)no2)C1. The van der Waals surface area contributed by atoms with Crippen LogP contribution in [0.15, 0.2) is 35.1 Å². The van der Waals surface area contributed by atoms with Crippen LogP contribution in [-0.4, -0.2) is 43.6 Å². The van der Waals surface area contributed by atoms with Gasteiger partial charge in [0.05, 0.1) is 17.4 Å². The first kappa shape index (κ1) is 16.5. The molecule has 0 bridgehead atoms. The summed E-state index contributed by atoms with van der Waals surface area (Å²) < 4.78 is 7.35.